The Morgan fingerprint density at radius 1 is 1.31 bits per heavy atom. The Labute approximate surface area is 89.9 Å². The minimum absolute atomic E-state index is 0.205. The van der Waals surface area contributed by atoms with Gasteiger partial charge in [-0.2, -0.15) is 0 Å². The summed E-state index contributed by atoms with van der Waals surface area (Å²) in [4.78, 5) is 10.5. The second-order valence-corrected chi connectivity index (χ2v) is 3.23. The van der Waals surface area contributed by atoms with Gasteiger partial charge in [-0.15, -0.1) is 0 Å². The van der Waals surface area contributed by atoms with Gasteiger partial charge in [0.15, 0.2) is 11.6 Å². The Morgan fingerprint density at radius 3 is 2.38 bits per heavy atom. The van der Waals surface area contributed by atoms with E-state index in [1.54, 1.807) is 0 Å². The van der Waals surface area contributed by atoms with E-state index in [0.29, 0.717) is 12.1 Å². The van der Waals surface area contributed by atoms with Crippen LogP contribution in [0.4, 0.5) is 13.2 Å². The second kappa shape index (κ2) is 4.98. The third-order valence-electron chi connectivity index (χ3n) is 2.14. The van der Waals surface area contributed by atoms with Gasteiger partial charge >= 0.3 is 5.97 Å². The fourth-order valence-corrected chi connectivity index (χ4v) is 1.35. The van der Waals surface area contributed by atoms with Gasteiger partial charge in [-0.1, -0.05) is 0 Å². The maximum absolute atomic E-state index is 13.3. The number of nitrogens with one attached hydrogen (secondary N) is 1. The van der Waals surface area contributed by atoms with Crippen molar-refractivity contribution in [2.45, 2.75) is 12.5 Å². The van der Waals surface area contributed by atoms with Gasteiger partial charge in [0.25, 0.3) is 0 Å². The summed E-state index contributed by atoms with van der Waals surface area (Å²) in [7, 11) is 1.41. The van der Waals surface area contributed by atoms with Crippen molar-refractivity contribution in [2.75, 3.05) is 7.05 Å². The first-order valence-electron chi connectivity index (χ1n) is 4.49. The average Bonchev–Trinajstić information content (AvgIpc) is 2.20. The first kappa shape index (κ1) is 12.5. The van der Waals surface area contributed by atoms with Crippen LogP contribution in [0.15, 0.2) is 12.1 Å². The molecule has 0 fully saturated rings. The summed E-state index contributed by atoms with van der Waals surface area (Å²) in [6.07, 6.45) is -0.418. The summed E-state index contributed by atoms with van der Waals surface area (Å²) in [6, 6.07) is 0.165. The number of carboxylic acids is 1. The van der Waals surface area contributed by atoms with Gasteiger partial charge in [0.2, 0.25) is 0 Å². The summed E-state index contributed by atoms with van der Waals surface area (Å²) in [5.41, 5.74) is -0.205. The third-order valence-corrected chi connectivity index (χ3v) is 2.14. The van der Waals surface area contributed by atoms with Crippen LogP contribution in [0.1, 0.15) is 18.0 Å². The van der Waals surface area contributed by atoms with Gasteiger partial charge < -0.3 is 10.4 Å². The maximum atomic E-state index is 13.3. The van der Waals surface area contributed by atoms with Crippen LogP contribution >= 0.6 is 0 Å². The highest BCUT2D eigenvalue weighted by Gasteiger charge is 2.19. The van der Waals surface area contributed by atoms with Crippen molar-refractivity contribution in [1.82, 2.24) is 5.32 Å². The molecule has 0 bridgehead atoms. The predicted octanol–water partition coefficient (Wildman–Crippen LogP) is 1.84. The topological polar surface area (TPSA) is 49.3 Å². The van der Waals surface area contributed by atoms with E-state index in [2.05, 4.69) is 5.32 Å². The molecule has 2 N–H and O–H groups in total. The molecule has 1 atom stereocenters. The fourth-order valence-electron chi connectivity index (χ4n) is 1.35. The number of hydrogen-bond donors (Lipinski definition) is 2. The molecule has 0 aliphatic heterocycles. The molecule has 0 amide bonds. The molecule has 0 spiro atoms. The first-order chi connectivity index (χ1) is 7.45. The quantitative estimate of drug-likeness (QED) is 0.780. The van der Waals surface area contributed by atoms with Crippen molar-refractivity contribution in [2.24, 2.45) is 0 Å². The van der Waals surface area contributed by atoms with Crippen molar-refractivity contribution in [3.05, 3.63) is 35.1 Å². The van der Waals surface area contributed by atoms with E-state index in [-0.39, 0.29) is 5.56 Å². The highest BCUT2D eigenvalue weighted by Crippen LogP contribution is 2.22. The van der Waals surface area contributed by atoms with Crippen LogP contribution in [0, 0.1) is 17.5 Å². The number of carboxylic acid groups (broad SMARTS) is 1. The molecule has 1 rings (SSSR count). The van der Waals surface area contributed by atoms with E-state index in [9.17, 15) is 18.0 Å². The Bertz CT molecular complexity index is 409. The maximum Gasteiger partial charge on any atom is 0.305 e. The van der Waals surface area contributed by atoms with Crippen molar-refractivity contribution in [3.63, 3.8) is 0 Å². The summed E-state index contributed by atoms with van der Waals surface area (Å²) >= 11 is 0. The molecule has 1 aromatic rings. The summed E-state index contributed by atoms with van der Waals surface area (Å²) in [5, 5.41) is 11.1. The molecule has 0 aliphatic rings. The van der Waals surface area contributed by atoms with Crippen LogP contribution in [0.5, 0.6) is 0 Å². The first-order valence-corrected chi connectivity index (χ1v) is 4.49. The number of halogens is 3. The Kier molecular flexibility index (Phi) is 3.89. The lowest BCUT2D eigenvalue weighted by Crippen LogP contribution is -2.21. The lowest BCUT2D eigenvalue weighted by atomic mass is 10.0. The van der Waals surface area contributed by atoms with Crippen molar-refractivity contribution in [3.8, 4) is 0 Å². The van der Waals surface area contributed by atoms with Gasteiger partial charge in [0.1, 0.15) is 5.82 Å². The summed E-state index contributed by atoms with van der Waals surface area (Å²) in [5.74, 6) is -4.64. The molecule has 0 aliphatic carbocycles. The summed E-state index contributed by atoms with van der Waals surface area (Å²) < 4.78 is 38.8. The van der Waals surface area contributed by atoms with Gasteiger partial charge in [-0.3, -0.25) is 4.79 Å². The molecule has 16 heavy (non-hydrogen) atoms. The van der Waals surface area contributed by atoms with Gasteiger partial charge in [0.05, 0.1) is 6.42 Å². The van der Waals surface area contributed by atoms with Gasteiger partial charge in [0, 0.05) is 17.7 Å². The third kappa shape index (κ3) is 2.73. The van der Waals surface area contributed by atoms with Crippen molar-refractivity contribution >= 4 is 5.97 Å². The normalized spacial score (nSPS) is 12.5. The predicted molar refractivity (Wildman–Crippen MR) is 50.4 cm³/mol. The van der Waals surface area contributed by atoms with Gasteiger partial charge in [-0.25, -0.2) is 13.2 Å². The molecule has 0 saturated carbocycles. The van der Waals surface area contributed by atoms with Crippen LogP contribution in [0.25, 0.3) is 0 Å². The average molecular weight is 233 g/mol. The lowest BCUT2D eigenvalue weighted by molar-refractivity contribution is -0.137. The van der Waals surface area contributed by atoms with E-state index in [1.807, 2.05) is 0 Å². The molecule has 0 saturated heterocycles. The molecule has 88 valence electrons. The van der Waals surface area contributed by atoms with Gasteiger partial charge in [-0.05, 0) is 13.1 Å². The van der Waals surface area contributed by atoms with E-state index in [4.69, 9.17) is 5.11 Å². The second-order valence-electron chi connectivity index (χ2n) is 3.23. The molecule has 0 aromatic heterocycles. The van der Waals surface area contributed by atoms with E-state index in [1.165, 1.54) is 7.05 Å². The van der Waals surface area contributed by atoms with Crippen LogP contribution in [-0.2, 0) is 4.79 Å². The van der Waals surface area contributed by atoms with E-state index >= 15 is 0 Å². The number of rotatable bonds is 4. The number of carbonyl (C=O) groups is 1. The standard InChI is InChI=1S/C10H10F3NO2/c1-14-9(4-10(15)16)5-2-7(12)8(13)3-6(5)11/h2-3,9,14H,4H2,1H3,(H,15,16). The van der Waals surface area contributed by atoms with Crippen molar-refractivity contribution < 1.29 is 23.1 Å². The molecule has 1 aromatic carbocycles. The number of benzene rings is 1. The zero-order valence-corrected chi connectivity index (χ0v) is 8.43. The molecule has 0 heterocycles. The molecular weight excluding hydrogens is 223 g/mol. The monoisotopic (exact) mass is 233 g/mol. The minimum Gasteiger partial charge on any atom is -0.481 e. The van der Waals surface area contributed by atoms with E-state index < -0.39 is 35.9 Å². The minimum atomic E-state index is -1.30. The Hall–Kier alpha value is -1.56. The van der Waals surface area contributed by atoms with Crippen LogP contribution in [0.2, 0.25) is 0 Å². The SMILES string of the molecule is CNC(CC(=O)O)c1cc(F)c(F)cc1F. The van der Waals surface area contributed by atoms with E-state index in [0.717, 1.165) is 0 Å². The fraction of sp³-hybridized carbons (Fsp3) is 0.300. The smallest absolute Gasteiger partial charge is 0.305 e. The van der Waals surface area contributed by atoms with Crippen LogP contribution in [-0.4, -0.2) is 18.1 Å². The van der Waals surface area contributed by atoms with Crippen molar-refractivity contribution in [1.29, 1.82) is 0 Å². The molecule has 0 radical (unpaired) electrons. The lowest BCUT2D eigenvalue weighted by Gasteiger charge is -2.15. The highest BCUT2D eigenvalue weighted by molar-refractivity contribution is 5.68. The summed E-state index contributed by atoms with van der Waals surface area (Å²) in [6.45, 7) is 0. The van der Waals surface area contributed by atoms with Crippen LogP contribution in [0.3, 0.4) is 0 Å². The molecule has 6 heteroatoms. The zero-order valence-electron chi connectivity index (χ0n) is 8.43. The molecule has 3 nitrogen and oxygen atoms in total. The molecular formula is C10H10F3NO2. The zero-order chi connectivity index (χ0) is 12.3. The molecule has 1 unspecified atom stereocenters. The van der Waals surface area contributed by atoms with Crippen LogP contribution < -0.4 is 5.32 Å². The highest BCUT2D eigenvalue weighted by atomic mass is 19.2. The largest absolute Gasteiger partial charge is 0.481 e. The Balaban J connectivity index is 3.09. The number of aliphatic carboxylic acids is 1. The Morgan fingerprint density at radius 2 is 1.88 bits per heavy atom. The number of hydrogen-bond acceptors (Lipinski definition) is 2.